The van der Waals surface area contributed by atoms with Crippen LogP contribution in [0.2, 0.25) is 0 Å². The van der Waals surface area contributed by atoms with E-state index in [1.165, 1.54) is 10.7 Å². The van der Waals surface area contributed by atoms with Crippen molar-refractivity contribution in [1.29, 1.82) is 5.26 Å². The molecule has 3 aliphatic heterocycles. The molecule has 1 atom stereocenters. The molecule has 0 unspecified atom stereocenters. The number of hydrogen-bond donors (Lipinski definition) is 3. The third-order valence-electron chi connectivity index (χ3n) is 13.4. The summed E-state index contributed by atoms with van der Waals surface area (Å²) in [5, 5.41) is 35.3. The predicted molar refractivity (Wildman–Crippen MR) is 229 cm³/mol. The summed E-state index contributed by atoms with van der Waals surface area (Å²) >= 11 is 0. The maximum atomic E-state index is 15.2. The maximum Gasteiger partial charge on any atom is 0.274 e. The molecule has 4 aliphatic rings. The van der Waals surface area contributed by atoms with Crippen LogP contribution in [0.3, 0.4) is 0 Å². The van der Waals surface area contributed by atoms with Gasteiger partial charge in [0.05, 0.1) is 40.9 Å². The Balaban J connectivity index is 0.771. The Bertz CT molecular complexity index is 2700. The first-order chi connectivity index (χ1) is 30.6. The molecule has 4 amide bonds. The molecular weight excluding hydrogens is 827 g/mol. The van der Waals surface area contributed by atoms with Crippen LogP contribution in [-0.2, 0) is 24.8 Å². The number of piperidine rings is 2. The number of aliphatic hydroxyl groups is 1. The second kappa shape index (κ2) is 16.8. The van der Waals surface area contributed by atoms with Gasteiger partial charge in [0.1, 0.15) is 29.3 Å². The van der Waals surface area contributed by atoms with Crippen LogP contribution in [0.4, 0.5) is 20.2 Å². The highest BCUT2D eigenvalue weighted by molar-refractivity contribution is 6.21. The number of aromatic nitrogens is 4. The van der Waals surface area contributed by atoms with Crippen LogP contribution in [-0.4, -0.2) is 109 Å². The molecule has 0 spiro atoms. The highest BCUT2D eigenvalue weighted by Gasteiger charge is 2.40. The number of carbonyl (C=O) groups excluding carboxylic acids is 5. The smallest absolute Gasteiger partial charge is 0.274 e. The Kier molecular flexibility index (Phi) is 11.2. The van der Waals surface area contributed by atoms with Gasteiger partial charge < -0.3 is 20.2 Å². The molecule has 18 heteroatoms. The number of rotatable bonds is 8. The third kappa shape index (κ3) is 8.21. The summed E-state index contributed by atoms with van der Waals surface area (Å²) in [4.78, 5) is 69.6. The first kappa shape index (κ1) is 42.7. The molecule has 2 aromatic carbocycles. The number of nitrogens with zero attached hydrogens (tertiary/aromatic N) is 8. The number of imide groups is 1. The van der Waals surface area contributed by atoms with Crippen LogP contribution in [0, 0.1) is 28.9 Å². The molecular formula is C46H48F2N10O6. The van der Waals surface area contributed by atoms with E-state index in [9.17, 15) is 34.3 Å². The number of fused-ring (bicyclic) bond motifs is 2. The number of ketones is 1. The highest BCUT2D eigenvalue weighted by Crippen LogP contribution is 2.37. The van der Waals surface area contributed by atoms with E-state index in [-0.39, 0.29) is 29.2 Å². The van der Waals surface area contributed by atoms with E-state index in [1.54, 1.807) is 36.9 Å². The molecule has 1 aliphatic carbocycles. The van der Waals surface area contributed by atoms with E-state index in [0.29, 0.717) is 72.9 Å². The Morgan fingerprint density at radius 1 is 0.906 bits per heavy atom. The average Bonchev–Trinajstić information content (AvgIpc) is 3.90. The van der Waals surface area contributed by atoms with Crippen molar-refractivity contribution in [3.8, 4) is 6.07 Å². The molecule has 0 radical (unpaired) electrons. The minimum Gasteiger partial charge on any atom is -0.386 e. The summed E-state index contributed by atoms with van der Waals surface area (Å²) in [7, 11) is 0. The summed E-state index contributed by atoms with van der Waals surface area (Å²) in [6.45, 7) is 6.95. The Morgan fingerprint density at radius 2 is 1.59 bits per heavy atom. The molecule has 64 heavy (non-hydrogen) atoms. The number of amides is 4. The molecule has 6 heterocycles. The van der Waals surface area contributed by atoms with Gasteiger partial charge in [-0.25, -0.2) is 13.3 Å². The van der Waals surface area contributed by atoms with Gasteiger partial charge in [0, 0.05) is 85.3 Å². The molecule has 3 N–H and O–H groups in total. The van der Waals surface area contributed by atoms with Crippen molar-refractivity contribution in [2.24, 2.45) is 5.92 Å². The normalized spacial score (nSPS) is 21.6. The molecule has 9 rings (SSSR count). The summed E-state index contributed by atoms with van der Waals surface area (Å²) in [6.07, 6.45) is 7.62. The molecule has 1 saturated carbocycles. The Labute approximate surface area is 366 Å². The van der Waals surface area contributed by atoms with Gasteiger partial charge in [-0.05, 0) is 94.8 Å². The summed E-state index contributed by atoms with van der Waals surface area (Å²) < 4.78 is 34.0. The van der Waals surface area contributed by atoms with E-state index in [2.05, 4.69) is 21.4 Å². The number of piperazine rings is 1. The lowest BCUT2D eigenvalue weighted by molar-refractivity contribution is -0.141. The van der Waals surface area contributed by atoms with Gasteiger partial charge in [-0.1, -0.05) is 0 Å². The van der Waals surface area contributed by atoms with E-state index < -0.39 is 58.6 Å². The standard InChI is InChI=1S/C46H48F2N10O6/c1-46(2,64)33-21-36-28(18-37(33)51-43(61)38-8-7-31-17-26(23-49)24-50-58(31)38)25-57(53-36)30-5-3-29(4-6-30)55-13-15-56(16-14-55)45(63)27-9-11-54(12-10-27)32-19-34(47)41(35(48)20-32)42-39(59)22-40(60)52-44(42)62/h7-8,17-21,24-25,27,29-30,42,64H,3-6,9-16,22H2,1-2H3,(H,51,61)(H,52,60,62)/t29?,30?,42-/m1/s1. The van der Waals surface area contributed by atoms with Crippen LogP contribution >= 0.6 is 0 Å². The molecule has 3 saturated heterocycles. The quantitative estimate of drug-likeness (QED) is 0.146. The van der Waals surface area contributed by atoms with Crippen LogP contribution in [0.25, 0.3) is 16.4 Å². The average molecular weight is 875 g/mol. The zero-order chi connectivity index (χ0) is 45.0. The zero-order valence-electron chi connectivity index (χ0n) is 35.5. The minimum atomic E-state index is -1.72. The number of halogens is 2. The summed E-state index contributed by atoms with van der Waals surface area (Å²) in [6, 6.07) is 13.5. The highest BCUT2D eigenvalue weighted by atomic mass is 19.1. The van der Waals surface area contributed by atoms with Gasteiger partial charge in [0.2, 0.25) is 17.7 Å². The van der Waals surface area contributed by atoms with Gasteiger partial charge in [-0.2, -0.15) is 15.5 Å². The third-order valence-corrected chi connectivity index (χ3v) is 13.4. The first-order valence-corrected chi connectivity index (χ1v) is 21.7. The lowest BCUT2D eigenvalue weighted by Gasteiger charge is -2.43. The number of hydrogen-bond acceptors (Lipinski definition) is 11. The first-order valence-electron chi connectivity index (χ1n) is 21.7. The zero-order valence-corrected chi connectivity index (χ0v) is 35.5. The van der Waals surface area contributed by atoms with Crippen LogP contribution in [0.1, 0.15) is 97.9 Å². The molecule has 4 fully saturated rings. The van der Waals surface area contributed by atoms with Crippen molar-refractivity contribution in [3.05, 3.63) is 88.9 Å². The lowest BCUT2D eigenvalue weighted by atomic mass is 9.88. The van der Waals surface area contributed by atoms with Crippen molar-refractivity contribution in [2.45, 2.75) is 82.4 Å². The number of carbonyl (C=O) groups is 5. The Morgan fingerprint density at radius 3 is 2.25 bits per heavy atom. The van der Waals surface area contributed by atoms with Crippen molar-refractivity contribution in [2.75, 3.05) is 49.5 Å². The second-order valence-electron chi connectivity index (χ2n) is 17.9. The SMILES string of the molecule is CC(C)(O)c1cc2nn(C3CCC(N4CCN(C(=O)C5CCN(c6cc(F)c([C@H]7C(=O)CC(=O)NC7=O)c(F)c6)CC5)CC4)CC3)cc2cc1NC(=O)c1ccc2cc(C#N)cnn12. The van der Waals surface area contributed by atoms with Gasteiger partial charge in [-0.3, -0.25) is 38.9 Å². The fourth-order valence-electron chi connectivity index (χ4n) is 9.93. The van der Waals surface area contributed by atoms with Crippen molar-refractivity contribution < 1.29 is 37.9 Å². The number of Topliss-reactive ketones (excluding diaryl/α,β-unsaturated/α-hetero) is 1. The van der Waals surface area contributed by atoms with Crippen LogP contribution in [0.15, 0.2) is 54.9 Å². The van der Waals surface area contributed by atoms with Crippen molar-refractivity contribution in [3.63, 3.8) is 0 Å². The molecule has 0 bridgehead atoms. The molecule has 332 valence electrons. The van der Waals surface area contributed by atoms with Gasteiger partial charge >= 0.3 is 0 Å². The summed E-state index contributed by atoms with van der Waals surface area (Å²) in [5.41, 5.74) is 1.31. The lowest BCUT2D eigenvalue weighted by Crippen LogP contribution is -2.54. The molecule has 5 aromatic rings. The number of nitriles is 1. The van der Waals surface area contributed by atoms with Gasteiger partial charge in [0.25, 0.3) is 5.91 Å². The predicted octanol–water partition coefficient (Wildman–Crippen LogP) is 4.56. The van der Waals surface area contributed by atoms with Crippen LogP contribution < -0.4 is 15.5 Å². The summed E-state index contributed by atoms with van der Waals surface area (Å²) in [5.74, 6) is -6.99. The fraction of sp³-hybridized carbons (Fsp3) is 0.435. The second-order valence-corrected chi connectivity index (χ2v) is 17.9. The number of anilines is 2. The van der Waals surface area contributed by atoms with Gasteiger partial charge in [0.15, 0.2) is 5.78 Å². The Hall–Kier alpha value is -6.58. The van der Waals surface area contributed by atoms with E-state index >= 15 is 8.78 Å². The monoisotopic (exact) mass is 874 g/mol. The topological polar surface area (TPSA) is 198 Å². The maximum absolute atomic E-state index is 15.2. The number of nitrogens with one attached hydrogen (secondary N) is 2. The largest absolute Gasteiger partial charge is 0.386 e. The minimum absolute atomic E-state index is 0.0961. The number of benzene rings is 2. The van der Waals surface area contributed by atoms with E-state index in [0.717, 1.165) is 56.3 Å². The van der Waals surface area contributed by atoms with Crippen molar-refractivity contribution in [1.82, 2.24) is 34.5 Å². The van der Waals surface area contributed by atoms with E-state index in [4.69, 9.17) is 5.10 Å². The molecule has 3 aromatic heterocycles. The van der Waals surface area contributed by atoms with Crippen molar-refractivity contribution >= 4 is 57.2 Å². The van der Waals surface area contributed by atoms with Crippen LogP contribution in [0.5, 0.6) is 0 Å². The van der Waals surface area contributed by atoms with Gasteiger partial charge in [-0.15, -0.1) is 0 Å². The molecule has 16 nitrogen and oxygen atoms in total. The fourth-order valence-corrected chi connectivity index (χ4v) is 9.93. The van der Waals surface area contributed by atoms with E-state index in [1.807, 2.05) is 33.2 Å².